The van der Waals surface area contributed by atoms with E-state index in [-0.39, 0.29) is 17.6 Å². The second-order valence-electron chi connectivity index (χ2n) is 7.38. The number of likely N-dealkylation sites (tertiary alicyclic amines) is 1. The van der Waals surface area contributed by atoms with Crippen LogP contribution in [-0.4, -0.2) is 34.0 Å². The van der Waals surface area contributed by atoms with E-state index >= 15 is 0 Å². The molecule has 0 atom stereocenters. The van der Waals surface area contributed by atoms with Crippen LogP contribution in [0, 0.1) is 11.7 Å². The van der Waals surface area contributed by atoms with E-state index < -0.39 is 0 Å². The second kappa shape index (κ2) is 9.36. The lowest BCUT2D eigenvalue weighted by atomic mass is 9.96. The molecule has 0 spiro atoms. The molecule has 0 unspecified atom stereocenters. The minimum atomic E-state index is -0.389. The van der Waals surface area contributed by atoms with E-state index in [0.29, 0.717) is 35.4 Å². The Morgan fingerprint density at radius 2 is 1.97 bits per heavy atom. The number of amides is 1. The Hall–Kier alpha value is -2.77. The summed E-state index contributed by atoms with van der Waals surface area (Å²) in [6.45, 7) is 2.42. The normalized spacial score (nSPS) is 15.3. The highest BCUT2D eigenvalue weighted by Gasteiger charge is 2.26. The van der Waals surface area contributed by atoms with Gasteiger partial charge in [-0.1, -0.05) is 53.2 Å². The largest absolute Gasteiger partial charge is 0.352 e. The maximum atomic E-state index is 13.1. The summed E-state index contributed by atoms with van der Waals surface area (Å²) in [5.41, 5.74) is 1.62. The van der Waals surface area contributed by atoms with Crippen LogP contribution in [-0.2, 0) is 17.9 Å². The third-order valence-corrected chi connectivity index (χ3v) is 5.64. The Balaban J connectivity index is 1.25. The first kappa shape index (κ1) is 20.5. The SMILES string of the molecule is O=C(NCc1ccc(F)cc1Cl)C1CCN(Cc2nc(-c3ccccc3)no2)CC1. The van der Waals surface area contributed by atoms with E-state index in [1.807, 2.05) is 30.3 Å². The summed E-state index contributed by atoms with van der Waals surface area (Å²) in [5, 5.41) is 7.28. The predicted octanol–water partition coefficient (Wildman–Crippen LogP) is 4.06. The lowest BCUT2D eigenvalue weighted by Crippen LogP contribution is -2.40. The zero-order chi connectivity index (χ0) is 20.9. The minimum Gasteiger partial charge on any atom is -0.352 e. The third-order valence-electron chi connectivity index (χ3n) is 5.29. The fourth-order valence-corrected chi connectivity index (χ4v) is 3.79. The van der Waals surface area contributed by atoms with Gasteiger partial charge in [0.2, 0.25) is 17.6 Å². The average Bonchev–Trinajstić information content (AvgIpc) is 3.22. The maximum absolute atomic E-state index is 13.1. The molecule has 1 aliphatic rings. The number of carbonyl (C=O) groups excluding carboxylic acids is 1. The molecule has 0 radical (unpaired) electrons. The van der Waals surface area contributed by atoms with Crippen LogP contribution in [0.2, 0.25) is 5.02 Å². The fourth-order valence-electron chi connectivity index (χ4n) is 3.56. The molecule has 1 aliphatic heterocycles. The Labute approximate surface area is 179 Å². The monoisotopic (exact) mass is 428 g/mol. The van der Waals surface area contributed by atoms with E-state index in [2.05, 4.69) is 20.4 Å². The van der Waals surface area contributed by atoms with E-state index in [0.717, 1.165) is 31.5 Å². The molecule has 8 heteroatoms. The smallest absolute Gasteiger partial charge is 0.241 e. The number of nitrogens with zero attached hydrogens (tertiary/aromatic N) is 3. The molecular formula is C22H22ClFN4O2. The van der Waals surface area contributed by atoms with Gasteiger partial charge in [0, 0.05) is 23.0 Å². The van der Waals surface area contributed by atoms with Crippen LogP contribution in [0.4, 0.5) is 4.39 Å². The Kier molecular flexibility index (Phi) is 6.40. The number of carbonyl (C=O) groups is 1. The Bertz CT molecular complexity index is 1000. The second-order valence-corrected chi connectivity index (χ2v) is 7.79. The number of benzene rings is 2. The lowest BCUT2D eigenvalue weighted by molar-refractivity contribution is -0.126. The van der Waals surface area contributed by atoms with Gasteiger partial charge in [0.1, 0.15) is 5.82 Å². The summed E-state index contributed by atoms with van der Waals surface area (Å²) in [6, 6.07) is 13.9. The summed E-state index contributed by atoms with van der Waals surface area (Å²) in [7, 11) is 0. The number of piperidine rings is 1. The van der Waals surface area contributed by atoms with E-state index in [1.165, 1.54) is 12.1 Å². The molecule has 2 heterocycles. The molecule has 0 aliphatic carbocycles. The van der Waals surface area contributed by atoms with Gasteiger partial charge in [-0.2, -0.15) is 4.98 Å². The summed E-state index contributed by atoms with van der Waals surface area (Å²) < 4.78 is 18.5. The molecule has 1 N–H and O–H groups in total. The van der Waals surface area contributed by atoms with Crippen molar-refractivity contribution in [1.29, 1.82) is 0 Å². The highest BCUT2D eigenvalue weighted by molar-refractivity contribution is 6.31. The van der Waals surface area contributed by atoms with E-state index in [4.69, 9.17) is 16.1 Å². The first-order valence-corrected chi connectivity index (χ1v) is 10.3. The molecule has 156 valence electrons. The number of rotatable bonds is 6. The van der Waals surface area contributed by atoms with Gasteiger partial charge < -0.3 is 9.84 Å². The van der Waals surface area contributed by atoms with Crippen molar-refractivity contribution in [3.63, 3.8) is 0 Å². The molecule has 0 saturated carbocycles. The highest BCUT2D eigenvalue weighted by Crippen LogP contribution is 2.21. The van der Waals surface area contributed by atoms with Crippen LogP contribution >= 0.6 is 11.6 Å². The quantitative estimate of drug-likeness (QED) is 0.641. The summed E-state index contributed by atoms with van der Waals surface area (Å²) >= 11 is 6.02. The van der Waals surface area contributed by atoms with Crippen molar-refractivity contribution in [3.8, 4) is 11.4 Å². The zero-order valence-electron chi connectivity index (χ0n) is 16.4. The van der Waals surface area contributed by atoms with Crippen LogP contribution in [0.3, 0.4) is 0 Å². The average molecular weight is 429 g/mol. The van der Waals surface area contributed by atoms with Crippen molar-refractivity contribution in [2.75, 3.05) is 13.1 Å². The summed E-state index contributed by atoms with van der Waals surface area (Å²) in [5.74, 6) is 0.712. The molecule has 6 nitrogen and oxygen atoms in total. The van der Waals surface area contributed by atoms with Crippen molar-refractivity contribution in [2.45, 2.75) is 25.9 Å². The van der Waals surface area contributed by atoms with Crippen molar-refractivity contribution in [3.05, 3.63) is 70.8 Å². The summed E-state index contributed by atoms with van der Waals surface area (Å²) in [6.07, 6.45) is 1.51. The van der Waals surface area contributed by atoms with Gasteiger partial charge in [-0.25, -0.2) is 4.39 Å². The van der Waals surface area contributed by atoms with E-state index in [9.17, 15) is 9.18 Å². The maximum Gasteiger partial charge on any atom is 0.241 e. The van der Waals surface area contributed by atoms with Gasteiger partial charge in [-0.05, 0) is 43.6 Å². The number of hydrogen-bond acceptors (Lipinski definition) is 5. The summed E-state index contributed by atoms with van der Waals surface area (Å²) in [4.78, 5) is 19.2. The van der Waals surface area contributed by atoms with Crippen molar-refractivity contribution < 1.29 is 13.7 Å². The molecule has 1 saturated heterocycles. The van der Waals surface area contributed by atoms with Crippen LogP contribution < -0.4 is 5.32 Å². The van der Waals surface area contributed by atoms with Gasteiger partial charge in [0.05, 0.1) is 6.54 Å². The van der Waals surface area contributed by atoms with Crippen molar-refractivity contribution >= 4 is 17.5 Å². The molecule has 1 aromatic heterocycles. The molecule has 3 aromatic rings. The third kappa shape index (κ3) is 5.04. The van der Waals surface area contributed by atoms with Crippen LogP contribution in [0.1, 0.15) is 24.3 Å². The van der Waals surface area contributed by atoms with Crippen LogP contribution in [0.5, 0.6) is 0 Å². The van der Waals surface area contributed by atoms with Crippen LogP contribution in [0.25, 0.3) is 11.4 Å². The first-order valence-electron chi connectivity index (χ1n) is 9.90. The van der Waals surface area contributed by atoms with Gasteiger partial charge in [-0.3, -0.25) is 9.69 Å². The highest BCUT2D eigenvalue weighted by atomic mass is 35.5. The molecule has 2 aromatic carbocycles. The Morgan fingerprint density at radius 1 is 1.20 bits per heavy atom. The fraction of sp³-hybridized carbons (Fsp3) is 0.318. The molecular weight excluding hydrogens is 407 g/mol. The number of nitrogens with one attached hydrogen (secondary N) is 1. The number of aromatic nitrogens is 2. The molecule has 0 bridgehead atoms. The van der Waals surface area contributed by atoms with Crippen LogP contribution in [0.15, 0.2) is 53.1 Å². The van der Waals surface area contributed by atoms with Gasteiger partial charge in [-0.15, -0.1) is 0 Å². The van der Waals surface area contributed by atoms with Gasteiger partial charge >= 0.3 is 0 Å². The first-order chi connectivity index (χ1) is 14.6. The number of hydrogen-bond donors (Lipinski definition) is 1. The van der Waals surface area contributed by atoms with Crippen molar-refractivity contribution in [2.24, 2.45) is 5.92 Å². The minimum absolute atomic E-state index is 0.000745. The van der Waals surface area contributed by atoms with Gasteiger partial charge in [0.25, 0.3) is 0 Å². The number of halogens is 2. The zero-order valence-corrected chi connectivity index (χ0v) is 17.1. The lowest BCUT2D eigenvalue weighted by Gasteiger charge is -2.30. The standard InChI is InChI=1S/C22H22ClFN4O2/c23-19-12-18(24)7-6-17(19)13-25-22(29)16-8-10-28(11-9-16)14-20-26-21(27-30-20)15-4-2-1-3-5-15/h1-7,12,16H,8-11,13-14H2,(H,25,29). The molecule has 1 amide bonds. The van der Waals surface area contributed by atoms with Gasteiger partial charge in [0.15, 0.2) is 0 Å². The topological polar surface area (TPSA) is 71.3 Å². The predicted molar refractivity (Wildman–Crippen MR) is 111 cm³/mol. The molecule has 1 fully saturated rings. The van der Waals surface area contributed by atoms with Crippen molar-refractivity contribution in [1.82, 2.24) is 20.4 Å². The molecule has 30 heavy (non-hydrogen) atoms. The Morgan fingerprint density at radius 3 is 2.70 bits per heavy atom. The molecule has 4 rings (SSSR count). The van der Waals surface area contributed by atoms with E-state index in [1.54, 1.807) is 6.07 Å².